The first-order valence-corrected chi connectivity index (χ1v) is 7.85. The first-order chi connectivity index (χ1) is 11.7. The Hall–Kier alpha value is -2.95. The van der Waals surface area contributed by atoms with Gasteiger partial charge in [-0.25, -0.2) is 4.68 Å². The molecule has 0 spiro atoms. The minimum Gasteiger partial charge on any atom is -0.497 e. The molecule has 0 fully saturated rings. The lowest BCUT2D eigenvalue weighted by Crippen LogP contribution is -2.26. The molecule has 1 aliphatic rings. The van der Waals surface area contributed by atoms with Crippen molar-refractivity contribution in [1.29, 1.82) is 0 Å². The van der Waals surface area contributed by atoms with E-state index in [0.29, 0.717) is 0 Å². The maximum Gasteiger partial charge on any atom is 0.151 e. The van der Waals surface area contributed by atoms with Gasteiger partial charge in [0.15, 0.2) is 6.17 Å². The van der Waals surface area contributed by atoms with Gasteiger partial charge in [-0.15, -0.1) is 0 Å². The molecule has 0 bridgehead atoms. The summed E-state index contributed by atoms with van der Waals surface area (Å²) in [5.41, 5.74) is 5.29. The molecule has 0 amide bonds. The molecule has 0 radical (unpaired) electrons. The maximum atomic E-state index is 5.57. The zero-order valence-electron chi connectivity index (χ0n) is 13.9. The molecule has 1 atom stereocenters. The number of nitrogens with one attached hydrogen (secondary N) is 1. The second kappa shape index (κ2) is 5.60. The number of hydrogen-bond acceptors (Lipinski definition) is 4. The van der Waals surface area contributed by atoms with Crippen LogP contribution in [0.4, 0.5) is 5.69 Å². The Morgan fingerprint density at radius 1 is 1.04 bits per heavy atom. The molecular formula is C19H19N3O2. The number of para-hydroxylation sites is 1. The van der Waals surface area contributed by atoms with Gasteiger partial charge in [-0.05, 0) is 37.3 Å². The highest BCUT2D eigenvalue weighted by molar-refractivity contribution is 5.79. The van der Waals surface area contributed by atoms with Crippen LogP contribution in [0.1, 0.15) is 17.4 Å². The first-order valence-electron chi connectivity index (χ1n) is 7.85. The standard InChI is InChI=1S/C19H19N3O2/c1-12-10-17-14-6-4-5-7-16(14)20-19(22(17)21-12)15-11-13(23-2)8-9-18(15)24-3/h4-11,19-20H,1-3H3/t19-/m1/s1. The number of benzene rings is 2. The number of methoxy groups -OCH3 is 2. The molecule has 0 aliphatic carbocycles. The smallest absolute Gasteiger partial charge is 0.151 e. The normalized spacial score (nSPS) is 15.2. The Kier molecular flexibility index (Phi) is 3.41. The summed E-state index contributed by atoms with van der Waals surface area (Å²) >= 11 is 0. The average molecular weight is 321 g/mol. The zero-order chi connectivity index (χ0) is 16.7. The second-order valence-electron chi connectivity index (χ2n) is 5.82. The summed E-state index contributed by atoms with van der Waals surface area (Å²) < 4.78 is 13.0. The third-order valence-corrected chi connectivity index (χ3v) is 4.33. The minimum atomic E-state index is -0.159. The molecule has 1 N–H and O–H groups in total. The quantitative estimate of drug-likeness (QED) is 0.796. The van der Waals surface area contributed by atoms with Crippen molar-refractivity contribution in [3.05, 3.63) is 59.8 Å². The van der Waals surface area contributed by atoms with Gasteiger partial charge in [-0.3, -0.25) is 0 Å². The number of rotatable bonds is 3. The lowest BCUT2D eigenvalue weighted by Gasteiger charge is -2.30. The van der Waals surface area contributed by atoms with Gasteiger partial charge in [-0.2, -0.15) is 5.10 Å². The molecule has 0 saturated carbocycles. The van der Waals surface area contributed by atoms with Crippen LogP contribution in [0.3, 0.4) is 0 Å². The van der Waals surface area contributed by atoms with Gasteiger partial charge >= 0.3 is 0 Å². The molecule has 3 aromatic rings. The van der Waals surface area contributed by atoms with E-state index in [9.17, 15) is 0 Å². The number of ether oxygens (including phenoxy) is 2. The predicted molar refractivity (Wildman–Crippen MR) is 93.7 cm³/mol. The van der Waals surface area contributed by atoms with E-state index in [1.54, 1.807) is 14.2 Å². The minimum absolute atomic E-state index is 0.159. The molecule has 0 unspecified atom stereocenters. The summed E-state index contributed by atoms with van der Waals surface area (Å²) in [5, 5.41) is 8.27. The van der Waals surface area contributed by atoms with Gasteiger partial charge in [-0.1, -0.05) is 18.2 Å². The molecule has 1 aromatic heterocycles. The van der Waals surface area contributed by atoms with Crippen LogP contribution in [0.2, 0.25) is 0 Å². The van der Waals surface area contributed by atoms with E-state index in [-0.39, 0.29) is 6.17 Å². The van der Waals surface area contributed by atoms with Crippen LogP contribution in [0.5, 0.6) is 11.5 Å². The molecule has 2 heterocycles. The van der Waals surface area contributed by atoms with Gasteiger partial charge in [0.2, 0.25) is 0 Å². The van der Waals surface area contributed by atoms with Crippen molar-refractivity contribution >= 4 is 5.69 Å². The largest absolute Gasteiger partial charge is 0.497 e. The highest BCUT2D eigenvalue weighted by Gasteiger charge is 2.28. The van der Waals surface area contributed by atoms with Crippen molar-refractivity contribution in [3.63, 3.8) is 0 Å². The van der Waals surface area contributed by atoms with Crippen LogP contribution in [-0.4, -0.2) is 24.0 Å². The number of anilines is 1. The van der Waals surface area contributed by atoms with E-state index in [0.717, 1.165) is 39.7 Å². The summed E-state index contributed by atoms with van der Waals surface area (Å²) in [4.78, 5) is 0. The van der Waals surface area contributed by atoms with Crippen LogP contribution in [-0.2, 0) is 0 Å². The van der Waals surface area contributed by atoms with Crippen molar-refractivity contribution in [3.8, 4) is 22.8 Å². The molecule has 24 heavy (non-hydrogen) atoms. The maximum absolute atomic E-state index is 5.57. The van der Waals surface area contributed by atoms with Crippen molar-refractivity contribution in [2.75, 3.05) is 19.5 Å². The Morgan fingerprint density at radius 3 is 2.67 bits per heavy atom. The van der Waals surface area contributed by atoms with Crippen LogP contribution in [0.15, 0.2) is 48.5 Å². The molecule has 4 rings (SSSR count). The zero-order valence-corrected chi connectivity index (χ0v) is 13.9. The van der Waals surface area contributed by atoms with Crippen LogP contribution >= 0.6 is 0 Å². The Morgan fingerprint density at radius 2 is 1.88 bits per heavy atom. The number of fused-ring (bicyclic) bond motifs is 3. The summed E-state index contributed by atoms with van der Waals surface area (Å²) in [6.07, 6.45) is -0.159. The number of hydrogen-bond donors (Lipinski definition) is 1. The topological polar surface area (TPSA) is 48.3 Å². The number of aromatic nitrogens is 2. The highest BCUT2D eigenvalue weighted by atomic mass is 16.5. The first kappa shape index (κ1) is 14.6. The van der Waals surface area contributed by atoms with E-state index >= 15 is 0 Å². The third-order valence-electron chi connectivity index (χ3n) is 4.33. The van der Waals surface area contributed by atoms with Gasteiger partial charge in [0.25, 0.3) is 0 Å². The molecule has 122 valence electrons. The van der Waals surface area contributed by atoms with Crippen molar-refractivity contribution < 1.29 is 9.47 Å². The van der Waals surface area contributed by atoms with Crippen LogP contribution in [0.25, 0.3) is 11.3 Å². The van der Waals surface area contributed by atoms with Crippen molar-refractivity contribution in [1.82, 2.24) is 9.78 Å². The van der Waals surface area contributed by atoms with E-state index in [4.69, 9.17) is 14.6 Å². The molecule has 2 aromatic carbocycles. The summed E-state index contributed by atoms with van der Waals surface area (Å²) in [5.74, 6) is 1.59. The van der Waals surface area contributed by atoms with Gasteiger partial charge < -0.3 is 14.8 Å². The number of nitrogens with zero attached hydrogens (tertiary/aromatic N) is 2. The van der Waals surface area contributed by atoms with Crippen molar-refractivity contribution in [2.24, 2.45) is 0 Å². The third kappa shape index (κ3) is 2.21. The molecule has 5 nitrogen and oxygen atoms in total. The second-order valence-corrected chi connectivity index (χ2v) is 5.82. The summed E-state index contributed by atoms with van der Waals surface area (Å²) in [6, 6.07) is 16.2. The van der Waals surface area contributed by atoms with Crippen LogP contribution in [0, 0.1) is 6.92 Å². The number of aryl methyl sites for hydroxylation is 1. The van der Waals surface area contributed by atoms with E-state index in [2.05, 4.69) is 23.5 Å². The molecule has 0 saturated heterocycles. The van der Waals surface area contributed by atoms with Crippen LogP contribution < -0.4 is 14.8 Å². The van der Waals surface area contributed by atoms with E-state index in [1.165, 1.54) is 0 Å². The lowest BCUT2D eigenvalue weighted by atomic mass is 10.0. The van der Waals surface area contributed by atoms with E-state index < -0.39 is 0 Å². The molecular weight excluding hydrogens is 302 g/mol. The van der Waals surface area contributed by atoms with Crippen molar-refractivity contribution in [2.45, 2.75) is 13.1 Å². The van der Waals surface area contributed by atoms with Gasteiger partial charge in [0.05, 0.1) is 25.6 Å². The fourth-order valence-electron chi connectivity index (χ4n) is 3.22. The van der Waals surface area contributed by atoms with Gasteiger partial charge in [0, 0.05) is 16.8 Å². The van der Waals surface area contributed by atoms with E-state index in [1.807, 2.05) is 41.9 Å². The fraction of sp³-hybridized carbons (Fsp3) is 0.211. The van der Waals surface area contributed by atoms with Gasteiger partial charge in [0.1, 0.15) is 11.5 Å². The Bertz CT molecular complexity index is 901. The SMILES string of the molecule is COc1ccc(OC)c([C@@H]2Nc3ccccc3-c3cc(C)nn32)c1. The highest BCUT2D eigenvalue weighted by Crippen LogP contribution is 2.41. The monoisotopic (exact) mass is 321 g/mol. The lowest BCUT2D eigenvalue weighted by molar-refractivity contribution is 0.391. The Labute approximate surface area is 140 Å². The summed E-state index contributed by atoms with van der Waals surface area (Å²) in [7, 11) is 3.34. The molecule has 1 aliphatic heterocycles. The fourth-order valence-corrected chi connectivity index (χ4v) is 3.22. The molecule has 5 heteroatoms. The summed E-state index contributed by atoms with van der Waals surface area (Å²) in [6.45, 7) is 2.01. The average Bonchev–Trinajstić information content (AvgIpc) is 3.02. The predicted octanol–water partition coefficient (Wildman–Crippen LogP) is 3.85. The Balaban J connectivity index is 1.92.